The van der Waals surface area contributed by atoms with Gasteiger partial charge in [-0.3, -0.25) is 9.10 Å². The van der Waals surface area contributed by atoms with E-state index in [1.54, 1.807) is 31.2 Å². The molecule has 0 saturated heterocycles. The molecule has 0 aliphatic carbocycles. The standard InChI is InChI=1S/C19H25N3O6S2/c1-14-8-6-7-9-17(14)22(29(5,24)25)13-19(23)20-16-12-15(10-11-18(16)28-4)30(26,27)21(2)3/h6-12H,13H2,1-5H3,(H,20,23). The summed E-state index contributed by atoms with van der Waals surface area (Å²) in [6.45, 7) is 1.25. The van der Waals surface area contributed by atoms with Gasteiger partial charge in [0.05, 0.1) is 29.6 Å². The lowest BCUT2D eigenvalue weighted by molar-refractivity contribution is -0.114. The van der Waals surface area contributed by atoms with E-state index < -0.39 is 32.5 Å². The number of amides is 1. The summed E-state index contributed by atoms with van der Waals surface area (Å²) < 4.78 is 56.6. The molecule has 0 aliphatic heterocycles. The first-order valence-electron chi connectivity index (χ1n) is 8.81. The Morgan fingerprint density at radius 3 is 2.23 bits per heavy atom. The molecule has 0 aromatic heterocycles. The number of anilines is 2. The van der Waals surface area contributed by atoms with Gasteiger partial charge < -0.3 is 10.1 Å². The fraction of sp³-hybridized carbons (Fsp3) is 0.316. The lowest BCUT2D eigenvalue weighted by Crippen LogP contribution is -2.38. The molecule has 2 aromatic carbocycles. The maximum absolute atomic E-state index is 12.7. The van der Waals surface area contributed by atoms with Gasteiger partial charge in [-0.25, -0.2) is 21.1 Å². The van der Waals surface area contributed by atoms with Crippen LogP contribution in [0.15, 0.2) is 47.4 Å². The average molecular weight is 456 g/mol. The first-order chi connectivity index (χ1) is 13.9. The highest BCUT2D eigenvalue weighted by Gasteiger charge is 2.24. The van der Waals surface area contributed by atoms with Crippen molar-refractivity contribution in [2.75, 3.05) is 43.6 Å². The Morgan fingerprint density at radius 2 is 1.70 bits per heavy atom. The molecule has 0 saturated carbocycles. The lowest BCUT2D eigenvalue weighted by atomic mass is 10.2. The van der Waals surface area contributed by atoms with Crippen molar-refractivity contribution in [1.29, 1.82) is 0 Å². The average Bonchev–Trinajstić information content (AvgIpc) is 2.65. The van der Waals surface area contributed by atoms with Gasteiger partial charge in [-0.1, -0.05) is 18.2 Å². The smallest absolute Gasteiger partial charge is 0.245 e. The van der Waals surface area contributed by atoms with Crippen LogP contribution in [0.1, 0.15) is 5.56 Å². The van der Waals surface area contributed by atoms with E-state index in [1.807, 2.05) is 0 Å². The Balaban J connectivity index is 2.37. The number of hydrogen-bond acceptors (Lipinski definition) is 6. The summed E-state index contributed by atoms with van der Waals surface area (Å²) in [7, 11) is -3.32. The zero-order valence-electron chi connectivity index (χ0n) is 17.4. The molecule has 1 N–H and O–H groups in total. The normalized spacial score (nSPS) is 11.9. The summed E-state index contributed by atoms with van der Waals surface area (Å²) in [6.07, 6.45) is 1.01. The van der Waals surface area contributed by atoms with Gasteiger partial charge in [-0.15, -0.1) is 0 Å². The first kappa shape index (κ1) is 23.6. The van der Waals surface area contributed by atoms with Crippen LogP contribution in [0.4, 0.5) is 11.4 Å². The zero-order chi connectivity index (χ0) is 22.7. The van der Waals surface area contributed by atoms with Crippen molar-refractivity contribution in [2.24, 2.45) is 0 Å². The molecule has 0 spiro atoms. The summed E-state index contributed by atoms with van der Waals surface area (Å²) >= 11 is 0. The number of methoxy groups -OCH3 is 1. The fourth-order valence-corrected chi connectivity index (χ4v) is 4.54. The highest BCUT2D eigenvalue weighted by Crippen LogP contribution is 2.29. The highest BCUT2D eigenvalue weighted by atomic mass is 32.2. The maximum Gasteiger partial charge on any atom is 0.245 e. The molecule has 11 heteroatoms. The van der Waals surface area contributed by atoms with Gasteiger partial charge in [0.15, 0.2) is 0 Å². The number of carbonyl (C=O) groups is 1. The number of sulfonamides is 2. The molecule has 30 heavy (non-hydrogen) atoms. The second-order valence-corrected chi connectivity index (χ2v) is 10.8. The third-order valence-electron chi connectivity index (χ3n) is 4.30. The quantitative estimate of drug-likeness (QED) is 0.648. The van der Waals surface area contributed by atoms with E-state index in [2.05, 4.69) is 5.32 Å². The summed E-state index contributed by atoms with van der Waals surface area (Å²) in [5, 5.41) is 2.55. The second kappa shape index (κ2) is 9.02. The van der Waals surface area contributed by atoms with E-state index >= 15 is 0 Å². The summed E-state index contributed by atoms with van der Waals surface area (Å²) in [5.74, 6) is -0.413. The van der Waals surface area contributed by atoms with Gasteiger partial charge in [-0.05, 0) is 36.8 Å². The monoisotopic (exact) mass is 455 g/mol. The largest absolute Gasteiger partial charge is 0.495 e. The Bertz CT molecular complexity index is 1140. The number of carbonyl (C=O) groups excluding carboxylic acids is 1. The maximum atomic E-state index is 12.7. The molecule has 164 valence electrons. The molecule has 0 radical (unpaired) electrons. The minimum atomic E-state index is -3.75. The second-order valence-electron chi connectivity index (χ2n) is 6.75. The minimum absolute atomic E-state index is 0.0394. The van der Waals surface area contributed by atoms with Crippen molar-refractivity contribution in [3.63, 3.8) is 0 Å². The Kier molecular flexibility index (Phi) is 7.11. The van der Waals surface area contributed by atoms with Gasteiger partial charge in [0.2, 0.25) is 26.0 Å². The summed E-state index contributed by atoms with van der Waals surface area (Å²) in [4.78, 5) is 12.6. The molecule has 2 aromatic rings. The molecule has 0 bridgehead atoms. The number of aryl methyl sites for hydroxylation is 1. The van der Waals surface area contributed by atoms with Crippen LogP contribution in [0.5, 0.6) is 5.75 Å². The molecule has 2 rings (SSSR count). The number of para-hydroxylation sites is 1. The molecule has 9 nitrogen and oxygen atoms in total. The van der Waals surface area contributed by atoms with Gasteiger partial charge in [0.25, 0.3) is 0 Å². The third kappa shape index (κ3) is 5.29. The molecule has 0 fully saturated rings. The minimum Gasteiger partial charge on any atom is -0.495 e. The number of nitrogens with one attached hydrogen (secondary N) is 1. The predicted molar refractivity (Wildman–Crippen MR) is 116 cm³/mol. The Hall–Kier alpha value is -2.63. The van der Waals surface area contributed by atoms with Gasteiger partial charge in [0, 0.05) is 14.1 Å². The van der Waals surface area contributed by atoms with Crippen LogP contribution in [0, 0.1) is 6.92 Å². The molecule has 0 unspecified atom stereocenters. The number of hydrogen-bond donors (Lipinski definition) is 1. The fourth-order valence-electron chi connectivity index (χ4n) is 2.70. The van der Waals surface area contributed by atoms with Crippen LogP contribution < -0.4 is 14.4 Å². The number of rotatable bonds is 8. The van der Waals surface area contributed by atoms with E-state index in [4.69, 9.17) is 4.74 Å². The van der Waals surface area contributed by atoms with Crippen molar-refractivity contribution in [3.8, 4) is 5.75 Å². The van der Waals surface area contributed by atoms with E-state index in [0.29, 0.717) is 11.3 Å². The summed E-state index contributed by atoms with van der Waals surface area (Å²) in [6, 6.07) is 10.8. The highest BCUT2D eigenvalue weighted by molar-refractivity contribution is 7.92. The molecule has 0 heterocycles. The van der Waals surface area contributed by atoms with E-state index in [1.165, 1.54) is 39.4 Å². The van der Waals surface area contributed by atoms with E-state index in [-0.39, 0.29) is 16.3 Å². The molecule has 0 atom stereocenters. The SMILES string of the molecule is COc1ccc(S(=O)(=O)N(C)C)cc1NC(=O)CN(c1ccccc1C)S(C)(=O)=O. The molecule has 0 aliphatic rings. The van der Waals surface area contributed by atoms with E-state index in [0.717, 1.165) is 14.9 Å². The van der Waals surface area contributed by atoms with Crippen molar-refractivity contribution < 1.29 is 26.4 Å². The van der Waals surface area contributed by atoms with Crippen molar-refractivity contribution in [1.82, 2.24) is 4.31 Å². The van der Waals surface area contributed by atoms with Gasteiger partial charge in [0.1, 0.15) is 12.3 Å². The lowest BCUT2D eigenvalue weighted by Gasteiger charge is -2.24. The Morgan fingerprint density at radius 1 is 1.07 bits per heavy atom. The zero-order valence-corrected chi connectivity index (χ0v) is 19.0. The number of ether oxygens (including phenoxy) is 1. The van der Waals surface area contributed by atoms with Crippen molar-refractivity contribution in [2.45, 2.75) is 11.8 Å². The van der Waals surface area contributed by atoms with Crippen LogP contribution in [0.2, 0.25) is 0 Å². The predicted octanol–water partition coefficient (Wildman–Crippen LogP) is 1.66. The number of benzene rings is 2. The van der Waals surface area contributed by atoms with Crippen LogP contribution in [-0.4, -0.2) is 61.1 Å². The van der Waals surface area contributed by atoms with Crippen LogP contribution in [0.3, 0.4) is 0 Å². The third-order valence-corrected chi connectivity index (χ3v) is 7.23. The molecular formula is C19H25N3O6S2. The summed E-state index contributed by atoms with van der Waals surface area (Å²) in [5.41, 5.74) is 1.18. The molecule has 1 amide bonds. The number of nitrogens with zero attached hydrogens (tertiary/aromatic N) is 2. The van der Waals surface area contributed by atoms with Crippen molar-refractivity contribution >= 4 is 37.3 Å². The van der Waals surface area contributed by atoms with Crippen LogP contribution >= 0.6 is 0 Å². The van der Waals surface area contributed by atoms with Crippen LogP contribution in [0.25, 0.3) is 0 Å². The topological polar surface area (TPSA) is 113 Å². The van der Waals surface area contributed by atoms with Crippen LogP contribution in [-0.2, 0) is 24.8 Å². The Labute approximate surface area is 177 Å². The first-order valence-corrected chi connectivity index (χ1v) is 12.1. The molecular weight excluding hydrogens is 430 g/mol. The van der Waals surface area contributed by atoms with Gasteiger partial charge in [-0.2, -0.15) is 0 Å². The van der Waals surface area contributed by atoms with Gasteiger partial charge >= 0.3 is 0 Å². The van der Waals surface area contributed by atoms with Crippen molar-refractivity contribution in [3.05, 3.63) is 48.0 Å². The van der Waals surface area contributed by atoms with E-state index in [9.17, 15) is 21.6 Å².